The number of carbonyl (C=O) groups is 1. The van der Waals surface area contributed by atoms with E-state index < -0.39 is 11.0 Å². The van der Waals surface area contributed by atoms with Gasteiger partial charge in [-0.2, -0.15) is 0 Å². The van der Waals surface area contributed by atoms with Crippen molar-refractivity contribution in [3.63, 3.8) is 0 Å². The minimum absolute atomic E-state index is 0.224. The quantitative estimate of drug-likeness (QED) is 0.875. The molecule has 2 fully saturated rings. The van der Waals surface area contributed by atoms with Crippen molar-refractivity contribution >= 4 is 11.6 Å². The third-order valence-electron chi connectivity index (χ3n) is 5.98. The number of β-amino-alcohol motifs (C(OH)–C–C–N with tert-alkyl or cyclic N) is 1. The Balaban J connectivity index is 1.57. The number of nitrogens with zero attached hydrogens (tertiary/aromatic N) is 2. The van der Waals surface area contributed by atoms with Crippen molar-refractivity contribution in [1.82, 2.24) is 4.90 Å². The van der Waals surface area contributed by atoms with Gasteiger partial charge in [0.1, 0.15) is 0 Å². The summed E-state index contributed by atoms with van der Waals surface area (Å²) >= 11 is 0. The predicted molar refractivity (Wildman–Crippen MR) is 101 cm³/mol. The van der Waals surface area contributed by atoms with Crippen LogP contribution in [-0.2, 0) is 4.79 Å². The number of rotatable bonds is 4. The van der Waals surface area contributed by atoms with Crippen molar-refractivity contribution in [3.05, 3.63) is 29.8 Å². The molecule has 0 aromatic heterocycles. The normalized spacial score (nSPS) is 27.2. The van der Waals surface area contributed by atoms with Crippen LogP contribution in [-0.4, -0.2) is 54.2 Å². The summed E-state index contributed by atoms with van der Waals surface area (Å²) < 4.78 is 0. The molecule has 0 bridgehead atoms. The van der Waals surface area contributed by atoms with Crippen molar-refractivity contribution in [2.75, 3.05) is 37.6 Å². The SMILES string of the molecule is Cc1ccc(N2CCC(O)(CN3CCC[C@@](C)(C(N)=O)C3)CC2)cc1. The van der Waals surface area contributed by atoms with E-state index in [4.69, 9.17) is 5.73 Å². The lowest BCUT2D eigenvalue weighted by Crippen LogP contribution is -2.55. The Morgan fingerprint density at radius 2 is 1.80 bits per heavy atom. The maximum Gasteiger partial charge on any atom is 0.224 e. The number of piperidine rings is 2. The Labute approximate surface area is 150 Å². The molecule has 0 spiro atoms. The molecule has 0 unspecified atom stereocenters. The number of primary amides is 1. The number of benzene rings is 1. The average Bonchev–Trinajstić information content (AvgIpc) is 2.56. The molecular formula is C20H31N3O2. The van der Waals surface area contributed by atoms with Crippen molar-refractivity contribution in [2.24, 2.45) is 11.1 Å². The van der Waals surface area contributed by atoms with Gasteiger partial charge in [-0.05, 0) is 58.2 Å². The molecule has 2 saturated heterocycles. The Morgan fingerprint density at radius 3 is 2.40 bits per heavy atom. The Kier molecular flexibility index (Phi) is 5.07. The molecule has 0 radical (unpaired) electrons. The molecule has 0 saturated carbocycles. The van der Waals surface area contributed by atoms with Crippen LogP contribution in [0.1, 0.15) is 38.2 Å². The fourth-order valence-electron chi connectivity index (χ4n) is 4.19. The van der Waals surface area contributed by atoms with Gasteiger partial charge in [0.2, 0.25) is 5.91 Å². The molecule has 25 heavy (non-hydrogen) atoms. The van der Waals surface area contributed by atoms with Crippen molar-refractivity contribution in [2.45, 2.75) is 45.1 Å². The number of likely N-dealkylation sites (tertiary alicyclic amines) is 1. The lowest BCUT2D eigenvalue weighted by molar-refractivity contribution is -0.131. The fraction of sp³-hybridized carbons (Fsp3) is 0.650. The predicted octanol–water partition coefficient (Wildman–Crippen LogP) is 1.91. The summed E-state index contributed by atoms with van der Waals surface area (Å²) in [5.74, 6) is -0.224. The molecule has 3 N–H and O–H groups in total. The van der Waals surface area contributed by atoms with Gasteiger partial charge in [-0.1, -0.05) is 17.7 Å². The summed E-state index contributed by atoms with van der Waals surface area (Å²) in [7, 11) is 0. The number of nitrogens with two attached hydrogens (primary N) is 1. The van der Waals surface area contributed by atoms with E-state index in [1.807, 2.05) is 6.92 Å². The molecular weight excluding hydrogens is 314 g/mol. The van der Waals surface area contributed by atoms with E-state index in [9.17, 15) is 9.90 Å². The molecule has 0 aliphatic carbocycles. The van der Waals surface area contributed by atoms with E-state index in [0.29, 0.717) is 13.1 Å². The molecule has 2 aliphatic heterocycles. The van der Waals surface area contributed by atoms with Gasteiger partial charge in [0.05, 0.1) is 11.0 Å². The lowest BCUT2D eigenvalue weighted by atomic mass is 9.80. The molecule has 1 aromatic carbocycles. The Bertz CT molecular complexity index is 608. The lowest BCUT2D eigenvalue weighted by Gasteiger charge is -2.45. The van der Waals surface area contributed by atoms with E-state index >= 15 is 0 Å². The molecule has 3 rings (SSSR count). The zero-order valence-corrected chi connectivity index (χ0v) is 15.5. The van der Waals surface area contributed by atoms with E-state index in [2.05, 4.69) is 41.0 Å². The average molecular weight is 345 g/mol. The number of carbonyl (C=O) groups excluding carboxylic acids is 1. The second kappa shape index (κ2) is 6.96. The van der Waals surface area contributed by atoms with Crippen LogP contribution >= 0.6 is 0 Å². The number of amides is 1. The first kappa shape index (κ1) is 18.2. The largest absolute Gasteiger partial charge is 0.388 e. The first-order valence-corrected chi connectivity index (χ1v) is 9.36. The summed E-state index contributed by atoms with van der Waals surface area (Å²) in [6.45, 7) is 8.00. The second-order valence-corrected chi connectivity index (χ2v) is 8.29. The molecule has 2 heterocycles. The molecule has 138 valence electrons. The van der Waals surface area contributed by atoms with Crippen LogP contribution in [0.25, 0.3) is 0 Å². The Morgan fingerprint density at radius 1 is 1.16 bits per heavy atom. The molecule has 2 aliphatic rings. The zero-order valence-electron chi connectivity index (χ0n) is 15.5. The molecule has 5 nitrogen and oxygen atoms in total. The van der Waals surface area contributed by atoms with Crippen LogP contribution in [0.5, 0.6) is 0 Å². The van der Waals surface area contributed by atoms with Crippen LogP contribution in [0, 0.1) is 12.3 Å². The number of aliphatic hydroxyl groups is 1. The third kappa shape index (κ3) is 4.15. The molecule has 1 amide bonds. The number of anilines is 1. The van der Waals surface area contributed by atoms with Gasteiger partial charge in [0.15, 0.2) is 0 Å². The fourth-order valence-corrected chi connectivity index (χ4v) is 4.19. The number of hydrogen-bond acceptors (Lipinski definition) is 4. The van der Waals surface area contributed by atoms with Gasteiger partial charge in [-0.15, -0.1) is 0 Å². The van der Waals surface area contributed by atoms with Crippen LogP contribution in [0.15, 0.2) is 24.3 Å². The van der Waals surface area contributed by atoms with Crippen LogP contribution in [0.4, 0.5) is 5.69 Å². The van der Waals surface area contributed by atoms with E-state index in [0.717, 1.165) is 45.3 Å². The van der Waals surface area contributed by atoms with Gasteiger partial charge >= 0.3 is 0 Å². The summed E-state index contributed by atoms with van der Waals surface area (Å²) in [5, 5.41) is 11.1. The maximum absolute atomic E-state index is 11.7. The van der Waals surface area contributed by atoms with Crippen molar-refractivity contribution in [1.29, 1.82) is 0 Å². The van der Waals surface area contributed by atoms with Crippen molar-refractivity contribution in [3.8, 4) is 0 Å². The van der Waals surface area contributed by atoms with Gasteiger partial charge in [-0.25, -0.2) is 0 Å². The molecule has 1 aromatic rings. The summed E-state index contributed by atoms with van der Waals surface area (Å²) in [6.07, 6.45) is 3.32. The van der Waals surface area contributed by atoms with E-state index in [-0.39, 0.29) is 5.91 Å². The number of hydrogen-bond donors (Lipinski definition) is 2. The maximum atomic E-state index is 11.7. The smallest absolute Gasteiger partial charge is 0.224 e. The minimum Gasteiger partial charge on any atom is -0.388 e. The number of aryl methyl sites for hydroxylation is 1. The molecule has 1 atom stereocenters. The summed E-state index contributed by atoms with van der Waals surface area (Å²) in [6, 6.07) is 8.58. The van der Waals surface area contributed by atoms with Crippen LogP contribution in [0.2, 0.25) is 0 Å². The highest BCUT2D eigenvalue weighted by Crippen LogP contribution is 2.32. The van der Waals surface area contributed by atoms with Crippen LogP contribution in [0.3, 0.4) is 0 Å². The third-order valence-corrected chi connectivity index (χ3v) is 5.98. The second-order valence-electron chi connectivity index (χ2n) is 8.29. The van der Waals surface area contributed by atoms with Crippen LogP contribution < -0.4 is 10.6 Å². The van der Waals surface area contributed by atoms with Crippen molar-refractivity contribution < 1.29 is 9.90 Å². The first-order valence-electron chi connectivity index (χ1n) is 9.36. The highest BCUT2D eigenvalue weighted by atomic mass is 16.3. The Hall–Kier alpha value is -1.59. The van der Waals surface area contributed by atoms with Gasteiger partial charge in [0.25, 0.3) is 0 Å². The van der Waals surface area contributed by atoms with Gasteiger partial charge in [0, 0.05) is 31.9 Å². The highest BCUT2D eigenvalue weighted by Gasteiger charge is 2.40. The minimum atomic E-state index is -0.670. The monoisotopic (exact) mass is 345 g/mol. The van der Waals surface area contributed by atoms with E-state index in [1.165, 1.54) is 11.3 Å². The van der Waals surface area contributed by atoms with Gasteiger partial charge in [-0.3, -0.25) is 9.69 Å². The standard InChI is InChI=1S/C20H31N3O2/c1-16-4-6-17(7-5-16)23-12-9-20(25,10-13-23)15-22-11-3-8-19(2,14-22)18(21)24/h4-7,25H,3,8-15H2,1-2H3,(H2,21,24)/t19-/m1/s1. The zero-order chi connectivity index (χ0) is 18.1. The highest BCUT2D eigenvalue weighted by molar-refractivity contribution is 5.80. The van der Waals surface area contributed by atoms with E-state index in [1.54, 1.807) is 0 Å². The first-order chi connectivity index (χ1) is 11.8. The summed E-state index contributed by atoms with van der Waals surface area (Å²) in [4.78, 5) is 16.3. The topological polar surface area (TPSA) is 69.8 Å². The molecule has 5 heteroatoms. The van der Waals surface area contributed by atoms with Gasteiger partial charge < -0.3 is 15.7 Å². The summed E-state index contributed by atoms with van der Waals surface area (Å²) in [5.41, 5.74) is 6.95.